The second kappa shape index (κ2) is 16.4. The predicted molar refractivity (Wildman–Crippen MR) is 143 cm³/mol. The molecule has 0 aliphatic heterocycles. The van der Waals surface area contributed by atoms with Gasteiger partial charge in [-0.3, -0.25) is 9.98 Å². The number of para-hydroxylation sites is 1. The quantitative estimate of drug-likeness (QED) is 0.186. The number of hydrogen-bond donors (Lipinski definition) is 0. The van der Waals surface area contributed by atoms with Crippen molar-refractivity contribution in [2.45, 2.75) is 104 Å². The Labute approximate surface area is 197 Å². The van der Waals surface area contributed by atoms with Gasteiger partial charge in [0.25, 0.3) is 0 Å². The van der Waals surface area contributed by atoms with Gasteiger partial charge >= 0.3 is 0 Å². The molecule has 0 aromatic heterocycles. The molecule has 0 unspecified atom stereocenters. The molecule has 2 rings (SSSR count). The van der Waals surface area contributed by atoms with Crippen LogP contribution in [0.2, 0.25) is 0 Å². The van der Waals surface area contributed by atoms with Crippen LogP contribution < -0.4 is 0 Å². The SMILES string of the molecule is CCCCCCC(C=Nc1cc(CCCCC)cc(CCCCC)c1)=Nc1ccccc1. The van der Waals surface area contributed by atoms with Gasteiger partial charge in [-0.2, -0.15) is 0 Å². The van der Waals surface area contributed by atoms with Gasteiger partial charge in [0.2, 0.25) is 0 Å². The largest absolute Gasteiger partial charge is 0.255 e. The van der Waals surface area contributed by atoms with Crippen LogP contribution >= 0.6 is 0 Å². The molecule has 0 N–H and O–H groups in total. The van der Waals surface area contributed by atoms with Gasteiger partial charge in [-0.1, -0.05) is 90.0 Å². The lowest BCUT2D eigenvalue weighted by molar-refractivity contribution is 0.684. The number of hydrogen-bond acceptors (Lipinski definition) is 2. The third-order valence-corrected chi connectivity index (χ3v) is 5.85. The summed E-state index contributed by atoms with van der Waals surface area (Å²) >= 11 is 0. The normalized spacial score (nSPS) is 12.0. The van der Waals surface area contributed by atoms with Crippen LogP contribution in [-0.4, -0.2) is 11.9 Å². The van der Waals surface area contributed by atoms with Gasteiger partial charge in [0.1, 0.15) is 0 Å². The van der Waals surface area contributed by atoms with E-state index in [1.165, 1.54) is 75.3 Å². The van der Waals surface area contributed by atoms with Crippen molar-refractivity contribution in [2.75, 3.05) is 0 Å². The third kappa shape index (κ3) is 10.9. The lowest BCUT2D eigenvalue weighted by Gasteiger charge is -2.08. The van der Waals surface area contributed by atoms with Gasteiger partial charge < -0.3 is 0 Å². The second-order valence-electron chi connectivity index (χ2n) is 8.93. The van der Waals surface area contributed by atoms with Crippen LogP contribution in [0.4, 0.5) is 11.4 Å². The first-order chi connectivity index (χ1) is 15.7. The molecule has 0 radical (unpaired) electrons. The maximum absolute atomic E-state index is 4.92. The summed E-state index contributed by atoms with van der Waals surface area (Å²) in [6.45, 7) is 6.79. The zero-order valence-corrected chi connectivity index (χ0v) is 20.8. The lowest BCUT2D eigenvalue weighted by Crippen LogP contribution is -2.00. The van der Waals surface area contributed by atoms with Crippen molar-refractivity contribution in [1.82, 2.24) is 0 Å². The van der Waals surface area contributed by atoms with Gasteiger partial charge in [0, 0.05) is 6.21 Å². The number of aliphatic imine (C=N–C) groups is 2. The monoisotopic (exact) mass is 432 g/mol. The zero-order valence-electron chi connectivity index (χ0n) is 20.8. The highest BCUT2D eigenvalue weighted by Crippen LogP contribution is 2.22. The Morgan fingerprint density at radius 3 is 1.84 bits per heavy atom. The summed E-state index contributed by atoms with van der Waals surface area (Å²) < 4.78 is 0. The van der Waals surface area contributed by atoms with E-state index in [0.717, 1.165) is 36.3 Å². The van der Waals surface area contributed by atoms with E-state index in [1.54, 1.807) is 0 Å². The molecule has 174 valence electrons. The molecule has 0 bridgehead atoms. The van der Waals surface area contributed by atoms with E-state index < -0.39 is 0 Å². The molecular formula is C30H44N2. The van der Waals surface area contributed by atoms with Crippen molar-refractivity contribution in [3.8, 4) is 0 Å². The van der Waals surface area contributed by atoms with Crippen molar-refractivity contribution in [3.05, 3.63) is 59.7 Å². The Hall–Kier alpha value is -2.22. The first-order valence-corrected chi connectivity index (χ1v) is 13.0. The highest BCUT2D eigenvalue weighted by Gasteiger charge is 2.03. The number of aryl methyl sites for hydroxylation is 2. The fraction of sp³-hybridized carbons (Fsp3) is 0.533. The van der Waals surface area contributed by atoms with Crippen molar-refractivity contribution in [1.29, 1.82) is 0 Å². The maximum atomic E-state index is 4.92. The molecule has 2 aromatic carbocycles. The summed E-state index contributed by atoms with van der Waals surface area (Å²) in [4.78, 5) is 9.83. The molecule has 2 nitrogen and oxygen atoms in total. The van der Waals surface area contributed by atoms with Crippen LogP contribution in [0.25, 0.3) is 0 Å². The van der Waals surface area contributed by atoms with Crippen molar-refractivity contribution >= 4 is 23.3 Å². The Morgan fingerprint density at radius 1 is 0.656 bits per heavy atom. The first kappa shape index (κ1) is 26.0. The third-order valence-electron chi connectivity index (χ3n) is 5.85. The summed E-state index contributed by atoms with van der Waals surface area (Å²) in [5.41, 5.74) is 6.04. The van der Waals surface area contributed by atoms with Crippen LogP contribution in [0, 0.1) is 0 Å². The molecule has 2 heteroatoms. The molecule has 0 aliphatic carbocycles. The summed E-state index contributed by atoms with van der Waals surface area (Å²) in [5.74, 6) is 0. The first-order valence-electron chi connectivity index (χ1n) is 13.0. The van der Waals surface area contributed by atoms with Crippen molar-refractivity contribution in [3.63, 3.8) is 0 Å². The molecule has 32 heavy (non-hydrogen) atoms. The standard InChI is InChI=1S/C30H44N2/c1-4-7-10-14-21-29(32-28-19-15-11-16-20-28)25-31-30-23-26(17-12-8-5-2)22-27(24-30)18-13-9-6-3/h11,15-16,19-20,22-25H,4-10,12-14,17-18,21H2,1-3H3. The summed E-state index contributed by atoms with van der Waals surface area (Å²) in [6, 6.07) is 17.3. The van der Waals surface area contributed by atoms with E-state index in [0.29, 0.717) is 0 Å². The van der Waals surface area contributed by atoms with E-state index in [2.05, 4.69) is 51.1 Å². The topological polar surface area (TPSA) is 24.7 Å². The molecule has 0 saturated heterocycles. The highest BCUT2D eigenvalue weighted by molar-refractivity contribution is 6.31. The fourth-order valence-electron chi connectivity index (χ4n) is 3.96. The molecule has 2 aromatic rings. The molecule has 0 aliphatic rings. The Morgan fingerprint density at radius 2 is 1.25 bits per heavy atom. The molecule has 0 amide bonds. The summed E-state index contributed by atoms with van der Waals surface area (Å²) in [5, 5.41) is 0. The second-order valence-corrected chi connectivity index (χ2v) is 8.93. The average molecular weight is 433 g/mol. The number of benzene rings is 2. The molecule has 0 heterocycles. The molecule has 0 atom stereocenters. The minimum atomic E-state index is 0.984. The van der Waals surface area contributed by atoms with E-state index in [-0.39, 0.29) is 0 Å². The highest BCUT2D eigenvalue weighted by atomic mass is 14.8. The minimum absolute atomic E-state index is 0.984. The van der Waals surface area contributed by atoms with Crippen LogP contribution in [0.5, 0.6) is 0 Å². The minimum Gasteiger partial charge on any atom is -0.255 e. The van der Waals surface area contributed by atoms with E-state index in [9.17, 15) is 0 Å². The van der Waals surface area contributed by atoms with Gasteiger partial charge in [0.15, 0.2) is 0 Å². The van der Waals surface area contributed by atoms with E-state index in [4.69, 9.17) is 9.98 Å². The van der Waals surface area contributed by atoms with E-state index >= 15 is 0 Å². The fourth-order valence-corrected chi connectivity index (χ4v) is 3.96. The molecule has 0 fully saturated rings. The van der Waals surface area contributed by atoms with Crippen LogP contribution in [0.3, 0.4) is 0 Å². The van der Waals surface area contributed by atoms with Crippen molar-refractivity contribution in [2.24, 2.45) is 9.98 Å². The Bertz CT molecular complexity index is 777. The average Bonchev–Trinajstić information content (AvgIpc) is 2.81. The maximum Gasteiger partial charge on any atom is 0.0635 e. The molecule has 0 spiro atoms. The summed E-state index contributed by atoms with van der Waals surface area (Å²) in [6.07, 6.45) is 17.9. The Kier molecular flexibility index (Phi) is 13.4. The lowest BCUT2D eigenvalue weighted by atomic mass is 10.00. The molecule has 0 saturated carbocycles. The van der Waals surface area contributed by atoms with Gasteiger partial charge in [-0.25, -0.2) is 0 Å². The van der Waals surface area contributed by atoms with E-state index in [1.807, 2.05) is 24.4 Å². The zero-order chi connectivity index (χ0) is 22.9. The van der Waals surface area contributed by atoms with Crippen LogP contribution in [0.15, 0.2) is 58.5 Å². The van der Waals surface area contributed by atoms with Gasteiger partial charge in [-0.15, -0.1) is 0 Å². The number of unbranched alkanes of at least 4 members (excludes halogenated alkanes) is 7. The Balaban J connectivity index is 2.20. The van der Waals surface area contributed by atoms with Gasteiger partial charge in [0.05, 0.1) is 17.1 Å². The van der Waals surface area contributed by atoms with Crippen molar-refractivity contribution < 1.29 is 0 Å². The number of nitrogens with zero attached hydrogens (tertiary/aromatic N) is 2. The van der Waals surface area contributed by atoms with Gasteiger partial charge in [-0.05, 0) is 73.9 Å². The smallest absolute Gasteiger partial charge is 0.0635 e. The van der Waals surface area contributed by atoms with Crippen LogP contribution in [0.1, 0.15) is 103 Å². The summed E-state index contributed by atoms with van der Waals surface area (Å²) in [7, 11) is 0. The number of rotatable bonds is 16. The van der Waals surface area contributed by atoms with Crippen LogP contribution in [-0.2, 0) is 12.8 Å². The molecular weight excluding hydrogens is 388 g/mol. The predicted octanol–water partition coefficient (Wildman–Crippen LogP) is 9.60.